The third kappa shape index (κ3) is 4.44. The molecule has 2 heterocycles. The number of rotatable bonds is 4. The molecule has 0 aliphatic rings. The average Bonchev–Trinajstić information content (AvgIpc) is 2.83. The third-order valence-electron chi connectivity index (χ3n) is 2.31. The van der Waals surface area contributed by atoms with Gasteiger partial charge in [-0.15, -0.1) is 16.2 Å². The normalized spacial score (nSPS) is 9.16. The molecule has 0 aromatic carbocycles. The molecular weight excluding hydrogens is 373 g/mol. The summed E-state index contributed by atoms with van der Waals surface area (Å²) < 4.78 is 16.0. The number of aryl methyl sites for hydroxylation is 1. The van der Waals surface area contributed by atoms with Gasteiger partial charge in [-0.1, -0.05) is 0 Å². The topological polar surface area (TPSA) is 38.9 Å². The van der Waals surface area contributed by atoms with E-state index < -0.39 is 0 Å². The zero-order valence-electron chi connectivity index (χ0n) is 10.8. The number of aromatic nitrogens is 3. The maximum absolute atomic E-state index is 5.60. The molecule has 2 aromatic rings. The molecule has 0 spiro atoms. The molecule has 0 N–H and O–H groups in total. The lowest BCUT2D eigenvalue weighted by Gasteiger charge is -2.01. The summed E-state index contributed by atoms with van der Waals surface area (Å²) in [5.74, 6) is 6.38. The summed E-state index contributed by atoms with van der Waals surface area (Å²) in [5, 5.41) is 0. The molecule has 0 bridgehead atoms. The van der Waals surface area contributed by atoms with E-state index >= 15 is 0 Å². The summed E-state index contributed by atoms with van der Waals surface area (Å²) in [6.45, 7) is 2.36. The summed E-state index contributed by atoms with van der Waals surface area (Å²) in [5.41, 5.74) is 1.80. The highest BCUT2D eigenvalue weighted by molar-refractivity contribution is 6.99. The van der Waals surface area contributed by atoms with Crippen molar-refractivity contribution in [3.05, 3.63) is 24.5 Å². The van der Waals surface area contributed by atoms with Gasteiger partial charge in [0.1, 0.15) is 13.7 Å². The molecule has 0 radical (unpaired) electrons. The quantitative estimate of drug-likeness (QED) is 0.287. The lowest BCUT2D eigenvalue weighted by molar-refractivity contribution is -0.671. The van der Waals surface area contributed by atoms with E-state index in [1.54, 1.807) is 0 Å². The molecule has 0 aliphatic carbocycles. The first-order chi connectivity index (χ1) is 8.81. The zero-order valence-corrected chi connectivity index (χ0v) is 13.7. The van der Waals surface area contributed by atoms with Crippen LogP contribution in [0.25, 0.3) is 11.3 Å². The molecule has 4 nitrogen and oxygen atoms in total. The minimum atomic E-state index is 0. The molecule has 0 aliphatic heterocycles. The van der Waals surface area contributed by atoms with Crippen molar-refractivity contribution in [1.82, 2.24) is 8.75 Å². The number of pyridine rings is 1. The number of hydrogen-bond donors (Lipinski definition) is 0. The minimum absolute atomic E-state index is 0. The molecule has 0 unspecified atom stereocenters. The molecule has 6 heteroatoms. The van der Waals surface area contributed by atoms with Crippen molar-refractivity contribution in [3.63, 3.8) is 0 Å². The number of halogens is 1. The van der Waals surface area contributed by atoms with Gasteiger partial charge < -0.3 is 28.7 Å². The van der Waals surface area contributed by atoms with Gasteiger partial charge in [0.05, 0.1) is 17.3 Å². The smallest absolute Gasteiger partial charge is 0.254 e. The SMILES string of the molecule is CC#CCCOc1nsnc1-c1ccc[n+](C)c1.[I-]. The second-order valence-corrected chi connectivity index (χ2v) is 4.23. The molecule has 2 aromatic heterocycles. The highest BCUT2D eigenvalue weighted by Crippen LogP contribution is 2.26. The fourth-order valence-electron chi connectivity index (χ4n) is 1.50. The summed E-state index contributed by atoms with van der Waals surface area (Å²) in [6, 6.07) is 3.97. The van der Waals surface area contributed by atoms with Crippen molar-refractivity contribution in [2.24, 2.45) is 7.05 Å². The van der Waals surface area contributed by atoms with E-state index in [2.05, 4.69) is 20.6 Å². The van der Waals surface area contributed by atoms with Crippen LogP contribution in [0.15, 0.2) is 24.5 Å². The largest absolute Gasteiger partial charge is 1.00 e. The van der Waals surface area contributed by atoms with Crippen molar-refractivity contribution in [3.8, 4) is 29.0 Å². The Kier molecular flexibility index (Phi) is 6.73. The van der Waals surface area contributed by atoms with Gasteiger partial charge in [0, 0.05) is 12.5 Å². The molecule has 0 saturated heterocycles. The molecule has 0 atom stereocenters. The molecule has 100 valence electrons. The molecule has 0 amide bonds. The van der Waals surface area contributed by atoms with Crippen molar-refractivity contribution >= 4 is 11.7 Å². The summed E-state index contributed by atoms with van der Waals surface area (Å²) in [6.07, 6.45) is 4.67. The van der Waals surface area contributed by atoms with Crippen molar-refractivity contribution in [2.75, 3.05) is 6.61 Å². The Bertz CT molecular complexity index is 589. The zero-order chi connectivity index (χ0) is 12.8. The van der Waals surface area contributed by atoms with Gasteiger partial charge in [-0.3, -0.25) is 0 Å². The van der Waals surface area contributed by atoms with Crippen molar-refractivity contribution < 1.29 is 33.3 Å². The first kappa shape index (κ1) is 15.9. The molecule has 19 heavy (non-hydrogen) atoms. The standard InChI is InChI=1S/C13H14N3OS.HI/c1-3-4-5-9-17-13-12(14-18-15-13)11-7-6-8-16(2)10-11;/h6-8,10H,5,9H2,1-2H3;1H/q+1;/p-1. The van der Waals surface area contributed by atoms with E-state index in [0.717, 1.165) is 23.0 Å². The fourth-order valence-corrected chi connectivity index (χ4v) is 2.02. The number of hydrogen-bond acceptors (Lipinski definition) is 4. The second kappa shape index (κ2) is 8.07. The summed E-state index contributed by atoms with van der Waals surface area (Å²) >= 11 is 1.16. The Morgan fingerprint density at radius 1 is 1.42 bits per heavy atom. The monoisotopic (exact) mass is 387 g/mol. The van der Waals surface area contributed by atoms with Gasteiger partial charge in [-0.05, 0) is 13.0 Å². The third-order valence-corrected chi connectivity index (χ3v) is 2.83. The van der Waals surface area contributed by atoms with Crippen LogP contribution in [0.2, 0.25) is 0 Å². The van der Waals surface area contributed by atoms with Crippen LogP contribution in [-0.2, 0) is 7.05 Å². The van der Waals surface area contributed by atoms with Gasteiger partial charge in [0.25, 0.3) is 5.88 Å². The average molecular weight is 387 g/mol. The number of ether oxygens (including phenoxy) is 1. The minimum Gasteiger partial charge on any atom is -1.00 e. The van der Waals surface area contributed by atoms with Crippen molar-refractivity contribution in [1.29, 1.82) is 0 Å². The van der Waals surface area contributed by atoms with E-state index in [4.69, 9.17) is 4.74 Å². The van der Waals surface area contributed by atoms with Crippen LogP contribution in [0.1, 0.15) is 13.3 Å². The molecule has 2 rings (SSSR count). The molecular formula is C13H14IN3OS. The Morgan fingerprint density at radius 3 is 3.00 bits per heavy atom. The Morgan fingerprint density at radius 2 is 2.26 bits per heavy atom. The fraction of sp³-hybridized carbons (Fsp3) is 0.308. The molecule has 0 fully saturated rings. The van der Waals surface area contributed by atoms with Crippen LogP contribution in [-0.4, -0.2) is 15.4 Å². The highest BCUT2D eigenvalue weighted by atomic mass is 127. The highest BCUT2D eigenvalue weighted by Gasteiger charge is 2.13. The first-order valence-corrected chi connectivity index (χ1v) is 6.35. The Labute approximate surface area is 134 Å². The maximum Gasteiger partial charge on any atom is 0.254 e. The second-order valence-electron chi connectivity index (χ2n) is 3.70. The van der Waals surface area contributed by atoms with E-state index in [1.165, 1.54) is 0 Å². The van der Waals surface area contributed by atoms with Crippen LogP contribution in [0.5, 0.6) is 5.88 Å². The van der Waals surface area contributed by atoms with Gasteiger partial charge in [0.2, 0.25) is 0 Å². The van der Waals surface area contributed by atoms with Gasteiger partial charge in [0.15, 0.2) is 18.1 Å². The van der Waals surface area contributed by atoms with E-state index in [9.17, 15) is 0 Å². The Hall–Kier alpha value is -1.20. The molecule has 0 saturated carbocycles. The predicted octanol–water partition coefficient (Wildman–Crippen LogP) is -1.17. The van der Waals surface area contributed by atoms with Gasteiger partial charge in [-0.25, -0.2) is 4.57 Å². The Balaban J connectivity index is 0.00000180. The van der Waals surface area contributed by atoms with Crippen LogP contribution < -0.4 is 33.3 Å². The van der Waals surface area contributed by atoms with Crippen LogP contribution >= 0.6 is 11.7 Å². The van der Waals surface area contributed by atoms with Gasteiger partial charge >= 0.3 is 0 Å². The summed E-state index contributed by atoms with van der Waals surface area (Å²) in [4.78, 5) is 0. The summed E-state index contributed by atoms with van der Waals surface area (Å²) in [7, 11) is 1.97. The maximum atomic E-state index is 5.60. The van der Waals surface area contributed by atoms with E-state index in [-0.39, 0.29) is 24.0 Å². The lowest BCUT2D eigenvalue weighted by atomic mass is 10.2. The lowest BCUT2D eigenvalue weighted by Crippen LogP contribution is -3.00. The van der Waals surface area contributed by atoms with Gasteiger partial charge in [-0.2, -0.15) is 4.37 Å². The van der Waals surface area contributed by atoms with Crippen LogP contribution in [0, 0.1) is 11.8 Å². The number of nitrogens with zero attached hydrogens (tertiary/aromatic N) is 3. The van der Waals surface area contributed by atoms with Crippen LogP contribution in [0.3, 0.4) is 0 Å². The van der Waals surface area contributed by atoms with Crippen molar-refractivity contribution in [2.45, 2.75) is 13.3 Å². The predicted molar refractivity (Wildman–Crippen MR) is 70.1 cm³/mol. The van der Waals surface area contributed by atoms with Crippen LogP contribution in [0.4, 0.5) is 0 Å². The van der Waals surface area contributed by atoms with E-state index in [1.807, 2.05) is 43.1 Å². The van der Waals surface area contributed by atoms with E-state index in [0.29, 0.717) is 18.9 Å². The first-order valence-electron chi connectivity index (χ1n) is 5.62.